The van der Waals surface area contributed by atoms with Crippen LogP contribution in [0.25, 0.3) is 10.2 Å². The maximum atomic E-state index is 13.6. The Morgan fingerprint density at radius 1 is 1.00 bits per heavy atom. The van der Waals surface area contributed by atoms with Crippen LogP contribution in [-0.2, 0) is 10.0 Å². The van der Waals surface area contributed by atoms with Gasteiger partial charge in [0.2, 0.25) is 10.0 Å². The summed E-state index contributed by atoms with van der Waals surface area (Å²) in [6.45, 7) is 6.07. The summed E-state index contributed by atoms with van der Waals surface area (Å²) < 4.78 is 28.5. The molecule has 0 aliphatic rings. The molecule has 3 aromatic rings. The summed E-state index contributed by atoms with van der Waals surface area (Å²) in [6.07, 6.45) is 2.49. The van der Waals surface area contributed by atoms with Crippen LogP contribution in [0.3, 0.4) is 0 Å². The number of nitrogens with zero attached hydrogens (tertiary/aromatic N) is 4. The molecule has 0 spiro atoms. The lowest BCUT2D eigenvalue weighted by molar-refractivity contribution is 0.0986. The Bertz CT molecular complexity index is 1240. The van der Waals surface area contributed by atoms with Crippen molar-refractivity contribution in [2.75, 3.05) is 45.2 Å². The van der Waals surface area contributed by atoms with Crippen molar-refractivity contribution in [3.05, 3.63) is 53.1 Å². The van der Waals surface area contributed by atoms with E-state index >= 15 is 0 Å². The van der Waals surface area contributed by atoms with Crippen molar-refractivity contribution >= 4 is 54.2 Å². The molecule has 190 valence electrons. The van der Waals surface area contributed by atoms with Gasteiger partial charge in [0.05, 0.1) is 15.1 Å². The van der Waals surface area contributed by atoms with E-state index in [-0.39, 0.29) is 10.8 Å². The zero-order valence-corrected chi connectivity index (χ0v) is 23.1. The fourth-order valence-corrected chi connectivity index (χ4v) is 6.44. The first kappa shape index (κ1) is 27.5. The summed E-state index contributed by atoms with van der Waals surface area (Å²) in [5.41, 5.74) is 1.20. The van der Waals surface area contributed by atoms with Gasteiger partial charge in [0.1, 0.15) is 0 Å². The molecule has 0 aliphatic heterocycles. The van der Waals surface area contributed by atoms with Crippen molar-refractivity contribution in [2.24, 2.45) is 0 Å². The number of halogens is 1. The molecule has 2 aromatic carbocycles. The van der Waals surface area contributed by atoms with E-state index in [2.05, 4.69) is 9.88 Å². The van der Waals surface area contributed by atoms with Gasteiger partial charge in [-0.2, -0.15) is 4.31 Å². The molecule has 1 amide bonds. The highest BCUT2D eigenvalue weighted by Gasteiger charge is 2.25. The van der Waals surface area contributed by atoms with Crippen molar-refractivity contribution in [3.63, 3.8) is 0 Å². The van der Waals surface area contributed by atoms with Gasteiger partial charge in [-0.25, -0.2) is 13.4 Å². The molecule has 0 saturated carbocycles. The van der Waals surface area contributed by atoms with Crippen molar-refractivity contribution in [3.8, 4) is 0 Å². The normalized spacial score (nSPS) is 12.1. The number of sulfonamides is 1. The van der Waals surface area contributed by atoms with E-state index < -0.39 is 10.0 Å². The van der Waals surface area contributed by atoms with Crippen LogP contribution in [0.5, 0.6) is 0 Å². The number of thiazole rings is 1. The van der Waals surface area contributed by atoms with Gasteiger partial charge in [-0.3, -0.25) is 9.69 Å². The third-order valence-corrected chi connectivity index (χ3v) is 8.92. The highest BCUT2D eigenvalue weighted by Crippen LogP contribution is 2.32. The number of rotatable bonds is 12. The molecule has 1 heterocycles. The van der Waals surface area contributed by atoms with Gasteiger partial charge < -0.3 is 4.90 Å². The number of fused-ring (bicyclic) bond motifs is 1. The predicted molar refractivity (Wildman–Crippen MR) is 145 cm³/mol. The van der Waals surface area contributed by atoms with Gasteiger partial charge in [-0.15, -0.1) is 0 Å². The third kappa shape index (κ3) is 6.80. The highest BCUT2D eigenvalue weighted by molar-refractivity contribution is 7.89. The Morgan fingerprint density at radius 3 is 2.34 bits per heavy atom. The lowest BCUT2D eigenvalue weighted by Crippen LogP contribution is -2.34. The van der Waals surface area contributed by atoms with Gasteiger partial charge in [-0.1, -0.05) is 43.2 Å². The smallest absolute Gasteiger partial charge is 0.260 e. The second-order valence-corrected chi connectivity index (χ2v) is 12.0. The highest BCUT2D eigenvalue weighted by atomic mass is 35.5. The van der Waals surface area contributed by atoms with E-state index in [1.54, 1.807) is 23.1 Å². The molecule has 0 bridgehead atoms. The van der Waals surface area contributed by atoms with Crippen LogP contribution < -0.4 is 4.90 Å². The monoisotopic (exact) mass is 536 g/mol. The molecule has 0 atom stereocenters. The molecule has 0 N–H and O–H groups in total. The second-order valence-electron chi connectivity index (χ2n) is 8.60. The Balaban J connectivity index is 1.89. The molecule has 0 unspecified atom stereocenters. The van der Waals surface area contributed by atoms with Crippen LogP contribution >= 0.6 is 22.9 Å². The Hall–Kier alpha value is -2.04. The van der Waals surface area contributed by atoms with Crippen molar-refractivity contribution in [2.45, 2.75) is 38.0 Å². The first-order chi connectivity index (χ1) is 16.7. The van der Waals surface area contributed by atoms with Gasteiger partial charge >= 0.3 is 0 Å². The van der Waals surface area contributed by atoms with Crippen LogP contribution in [0, 0.1) is 0 Å². The maximum absolute atomic E-state index is 13.6. The zero-order chi connectivity index (χ0) is 25.6. The first-order valence-electron chi connectivity index (χ1n) is 11.8. The van der Waals surface area contributed by atoms with Gasteiger partial charge in [0.15, 0.2) is 5.13 Å². The summed E-state index contributed by atoms with van der Waals surface area (Å²) in [7, 11) is 0.379. The number of hydrogen-bond acceptors (Lipinski definition) is 6. The maximum Gasteiger partial charge on any atom is 0.260 e. The first-order valence-corrected chi connectivity index (χ1v) is 14.4. The minimum atomic E-state index is -3.60. The molecule has 3 rings (SSSR count). The summed E-state index contributed by atoms with van der Waals surface area (Å²) in [5.74, 6) is -0.212. The van der Waals surface area contributed by atoms with E-state index in [0.29, 0.717) is 35.4 Å². The average molecular weight is 537 g/mol. The van der Waals surface area contributed by atoms with E-state index in [9.17, 15) is 13.2 Å². The predicted octanol–water partition coefficient (Wildman–Crippen LogP) is 5.36. The number of anilines is 1. The number of amides is 1. The standard InChI is InChI=1S/C25H33ClN4O3S2/c1-5-7-16-29(6-2)35(32,33)21-12-9-19(10-13-21)24(31)30(17-8-15-28(3)4)25-27-22-14-11-20(26)18-23(22)34-25/h9-14,18H,5-8,15-17H2,1-4H3. The molecule has 0 radical (unpaired) electrons. The second kappa shape index (κ2) is 12.3. The Kier molecular flexibility index (Phi) is 9.66. The Morgan fingerprint density at radius 2 is 1.71 bits per heavy atom. The molecule has 0 aliphatic carbocycles. The molecule has 1 aromatic heterocycles. The SMILES string of the molecule is CCCCN(CC)S(=O)(=O)c1ccc(C(=O)N(CCCN(C)C)c2nc3ccc(Cl)cc3s2)cc1. The molecule has 35 heavy (non-hydrogen) atoms. The summed E-state index contributed by atoms with van der Waals surface area (Å²) >= 11 is 7.55. The average Bonchev–Trinajstić information content (AvgIpc) is 3.24. The minimum absolute atomic E-state index is 0.195. The minimum Gasteiger partial charge on any atom is -0.309 e. The third-order valence-electron chi connectivity index (χ3n) is 5.66. The lowest BCUT2D eigenvalue weighted by atomic mass is 10.2. The number of carbonyl (C=O) groups is 1. The Labute approximate surface area is 217 Å². The fourth-order valence-electron chi connectivity index (χ4n) is 3.69. The van der Waals surface area contributed by atoms with Gasteiger partial charge in [0, 0.05) is 30.2 Å². The van der Waals surface area contributed by atoms with Crippen molar-refractivity contribution < 1.29 is 13.2 Å². The van der Waals surface area contributed by atoms with Crippen molar-refractivity contribution in [1.29, 1.82) is 0 Å². The molecule has 0 saturated heterocycles. The number of hydrogen-bond donors (Lipinski definition) is 0. The fraction of sp³-hybridized carbons (Fsp3) is 0.440. The van der Waals surface area contributed by atoms with Crippen molar-refractivity contribution in [1.82, 2.24) is 14.2 Å². The number of benzene rings is 2. The number of aromatic nitrogens is 1. The van der Waals surface area contributed by atoms with E-state index in [1.807, 2.05) is 40.1 Å². The van der Waals surface area contributed by atoms with Crippen LogP contribution in [0.4, 0.5) is 5.13 Å². The topological polar surface area (TPSA) is 73.8 Å². The van der Waals surface area contributed by atoms with Gasteiger partial charge in [-0.05, 0) is 75.9 Å². The van der Waals surface area contributed by atoms with Gasteiger partial charge in [0.25, 0.3) is 5.91 Å². The lowest BCUT2D eigenvalue weighted by Gasteiger charge is -2.22. The van der Waals surface area contributed by atoms with Crippen LogP contribution in [0.1, 0.15) is 43.5 Å². The van der Waals surface area contributed by atoms with Crippen LogP contribution in [0.2, 0.25) is 5.02 Å². The summed E-state index contributed by atoms with van der Waals surface area (Å²) in [5, 5.41) is 1.22. The van der Waals surface area contributed by atoms with Crippen LogP contribution in [-0.4, -0.2) is 68.8 Å². The van der Waals surface area contributed by atoms with E-state index in [4.69, 9.17) is 11.6 Å². The molecular formula is C25H33ClN4O3S2. The number of unbranched alkanes of at least 4 members (excludes halogenated alkanes) is 1. The quantitative estimate of drug-likeness (QED) is 0.311. The molecular weight excluding hydrogens is 504 g/mol. The van der Waals surface area contributed by atoms with Crippen LogP contribution in [0.15, 0.2) is 47.4 Å². The zero-order valence-electron chi connectivity index (χ0n) is 20.7. The van der Waals surface area contributed by atoms with E-state index in [0.717, 1.165) is 36.0 Å². The summed E-state index contributed by atoms with van der Waals surface area (Å²) in [6, 6.07) is 11.7. The molecule has 10 heteroatoms. The number of carbonyl (C=O) groups excluding carboxylic acids is 1. The largest absolute Gasteiger partial charge is 0.309 e. The molecule has 7 nitrogen and oxygen atoms in total. The van der Waals surface area contributed by atoms with E-state index in [1.165, 1.54) is 27.8 Å². The summed E-state index contributed by atoms with van der Waals surface area (Å²) in [4.78, 5) is 22.2. The molecule has 0 fully saturated rings.